The van der Waals surface area contributed by atoms with E-state index in [1.54, 1.807) is 6.92 Å². The highest BCUT2D eigenvalue weighted by molar-refractivity contribution is 5.94. The van der Waals surface area contributed by atoms with Crippen molar-refractivity contribution in [2.75, 3.05) is 18.0 Å². The number of benzene rings is 1. The number of carbonyl (C=O) groups excluding carboxylic acids is 1. The van der Waals surface area contributed by atoms with E-state index in [2.05, 4.69) is 4.90 Å². The molecule has 3 heteroatoms. The highest BCUT2D eigenvalue weighted by Gasteiger charge is 2.21. The molecule has 3 nitrogen and oxygen atoms in total. The number of rotatable bonds is 4. The third-order valence-electron chi connectivity index (χ3n) is 3.88. The molecular formula is C16H23NO2. The summed E-state index contributed by atoms with van der Waals surface area (Å²) in [6.07, 6.45) is 1.79. The Kier molecular flexibility index (Phi) is 4.25. The van der Waals surface area contributed by atoms with Gasteiger partial charge in [-0.3, -0.25) is 4.79 Å². The molecule has 1 aromatic rings. The number of hydrogen-bond acceptors (Lipinski definition) is 3. The van der Waals surface area contributed by atoms with E-state index < -0.39 is 0 Å². The van der Waals surface area contributed by atoms with Gasteiger partial charge in [0.2, 0.25) is 0 Å². The van der Waals surface area contributed by atoms with Crippen molar-refractivity contribution in [3.8, 4) is 0 Å². The second-order valence-corrected chi connectivity index (χ2v) is 5.76. The minimum absolute atomic E-state index is 0.113. The zero-order valence-corrected chi connectivity index (χ0v) is 12.0. The van der Waals surface area contributed by atoms with Gasteiger partial charge in [0.1, 0.15) is 0 Å². The molecule has 1 aliphatic heterocycles. The second-order valence-electron chi connectivity index (χ2n) is 5.76. The summed E-state index contributed by atoms with van der Waals surface area (Å²) in [5.41, 5.74) is 3.19. The molecule has 1 aliphatic rings. The molecule has 19 heavy (non-hydrogen) atoms. The van der Waals surface area contributed by atoms with Crippen LogP contribution < -0.4 is 4.90 Å². The Morgan fingerprint density at radius 3 is 2.79 bits per heavy atom. The van der Waals surface area contributed by atoms with Gasteiger partial charge in [0.05, 0.1) is 6.10 Å². The lowest BCUT2D eigenvalue weighted by molar-refractivity contribution is 0.101. The fourth-order valence-electron chi connectivity index (χ4n) is 2.52. The lowest BCUT2D eigenvalue weighted by Gasteiger charge is -2.34. The first-order valence-corrected chi connectivity index (χ1v) is 7.06. The van der Waals surface area contributed by atoms with Gasteiger partial charge >= 0.3 is 0 Å². The monoisotopic (exact) mass is 261 g/mol. The van der Waals surface area contributed by atoms with Crippen LogP contribution in [0.15, 0.2) is 18.2 Å². The molecule has 0 bridgehead atoms. The number of ketones is 1. The van der Waals surface area contributed by atoms with E-state index in [1.807, 2.05) is 32.0 Å². The van der Waals surface area contributed by atoms with Crippen molar-refractivity contribution in [1.29, 1.82) is 0 Å². The van der Waals surface area contributed by atoms with Gasteiger partial charge in [-0.1, -0.05) is 13.8 Å². The van der Waals surface area contributed by atoms with Crippen LogP contribution in [0.5, 0.6) is 0 Å². The summed E-state index contributed by atoms with van der Waals surface area (Å²) in [4.78, 5) is 13.7. The van der Waals surface area contributed by atoms with Crippen LogP contribution in [0.1, 0.15) is 43.1 Å². The van der Waals surface area contributed by atoms with Crippen molar-refractivity contribution in [3.63, 3.8) is 0 Å². The number of Topliss-reactive ketones (excluding diaryl/α,β-unsaturated/α-hetero) is 1. The standard InChI is InChI=1S/C16H23NO2/c1-11(2)16(19)10-17-8-4-5-14-9-13(12(3)18)6-7-15(14)17/h6-7,9,11,16,19H,4-5,8,10H2,1-3H3. The molecule has 0 aliphatic carbocycles. The number of fused-ring (bicyclic) bond motifs is 1. The minimum Gasteiger partial charge on any atom is -0.391 e. The number of β-amino-alcohol motifs (C(OH)–C–C–N with tert-alkyl or cyclic N) is 1. The molecule has 1 heterocycles. The van der Waals surface area contributed by atoms with Gasteiger partial charge in [0.15, 0.2) is 5.78 Å². The fourth-order valence-corrected chi connectivity index (χ4v) is 2.52. The Morgan fingerprint density at radius 2 is 2.16 bits per heavy atom. The zero-order chi connectivity index (χ0) is 14.0. The van der Waals surface area contributed by atoms with E-state index in [9.17, 15) is 9.90 Å². The molecule has 104 valence electrons. The summed E-state index contributed by atoms with van der Waals surface area (Å²) >= 11 is 0. The van der Waals surface area contributed by atoms with Gasteiger partial charge < -0.3 is 10.0 Å². The Bertz CT molecular complexity index is 468. The van der Waals surface area contributed by atoms with Gasteiger partial charge in [-0.25, -0.2) is 0 Å². The van der Waals surface area contributed by atoms with Crippen LogP contribution in [0.3, 0.4) is 0 Å². The lowest BCUT2D eigenvalue weighted by Crippen LogP contribution is -2.38. The molecule has 1 atom stereocenters. The predicted octanol–water partition coefficient (Wildman–Crippen LogP) is 2.66. The maximum Gasteiger partial charge on any atom is 0.159 e. The van der Waals surface area contributed by atoms with Crippen LogP contribution in [-0.2, 0) is 6.42 Å². The van der Waals surface area contributed by atoms with Crippen molar-refractivity contribution < 1.29 is 9.90 Å². The number of hydrogen-bond donors (Lipinski definition) is 1. The highest BCUT2D eigenvalue weighted by Crippen LogP contribution is 2.28. The first kappa shape index (κ1) is 14.1. The van der Waals surface area contributed by atoms with Crippen molar-refractivity contribution in [2.24, 2.45) is 5.92 Å². The number of aliphatic hydroxyl groups is 1. The molecule has 0 fully saturated rings. The predicted molar refractivity (Wildman–Crippen MR) is 77.8 cm³/mol. The lowest BCUT2D eigenvalue weighted by atomic mass is 9.97. The van der Waals surface area contributed by atoms with Crippen molar-refractivity contribution in [3.05, 3.63) is 29.3 Å². The third-order valence-corrected chi connectivity index (χ3v) is 3.88. The normalized spacial score (nSPS) is 16.4. The molecule has 2 rings (SSSR count). The molecule has 0 saturated carbocycles. The summed E-state index contributed by atoms with van der Waals surface area (Å²) in [5, 5.41) is 10.1. The number of aliphatic hydroxyl groups excluding tert-OH is 1. The third kappa shape index (κ3) is 3.16. The summed E-state index contributed by atoms with van der Waals surface area (Å²) in [6, 6.07) is 5.92. The van der Waals surface area contributed by atoms with E-state index in [0.29, 0.717) is 6.54 Å². The quantitative estimate of drug-likeness (QED) is 0.847. The minimum atomic E-state index is -0.307. The maximum atomic E-state index is 11.4. The first-order valence-electron chi connectivity index (χ1n) is 7.06. The Hall–Kier alpha value is -1.35. The maximum absolute atomic E-state index is 11.4. The Balaban J connectivity index is 2.22. The van der Waals surface area contributed by atoms with Crippen LogP contribution in [0, 0.1) is 5.92 Å². The van der Waals surface area contributed by atoms with E-state index in [1.165, 1.54) is 11.3 Å². The summed E-state index contributed by atoms with van der Waals surface area (Å²) in [6.45, 7) is 7.33. The molecule has 1 aromatic carbocycles. The molecule has 0 spiro atoms. The molecule has 1 unspecified atom stereocenters. The summed E-state index contributed by atoms with van der Waals surface area (Å²) in [7, 11) is 0. The molecule has 0 aromatic heterocycles. The SMILES string of the molecule is CC(=O)c1ccc2c(c1)CCCN2CC(O)C(C)C. The van der Waals surface area contributed by atoms with Gasteiger partial charge in [0, 0.05) is 24.3 Å². The van der Waals surface area contributed by atoms with Crippen molar-refractivity contribution in [1.82, 2.24) is 0 Å². The first-order chi connectivity index (χ1) is 8.99. The van der Waals surface area contributed by atoms with E-state index in [0.717, 1.165) is 24.9 Å². The van der Waals surface area contributed by atoms with E-state index in [4.69, 9.17) is 0 Å². The number of anilines is 1. The highest BCUT2D eigenvalue weighted by atomic mass is 16.3. The molecule has 0 amide bonds. The van der Waals surface area contributed by atoms with Gasteiger partial charge in [-0.2, -0.15) is 0 Å². The Morgan fingerprint density at radius 1 is 1.42 bits per heavy atom. The summed E-state index contributed by atoms with van der Waals surface area (Å²) < 4.78 is 0. The van der Waals surface area contributed by atoms with Gasteiger partial charge in [0.25, 0.3) is 0 Å². The smallest absolute Gasteiger partial charge is 0.159 e. The van der Waals surface area contributed by atoms with Crippen LogP contribution in [-0.4, -0.2) is 30.1 Å². The molecular weight excluding hydrogens is 238 g/mol. The van der Waals surface area contributed by atoms with Crippen molar-refractivity contribution >= 4 is 11.5 Å². The number of carbonyl (C=O) groups is 1. The molecule has 0 saturated heterocycles. The average Bonchev–Trinajstić information content (AvgIpc) is 2.38. The fraction of sp³-hybridized carbons (Fsp3) is 0.562. The van der Waals surface area contributed by atoms with Gasteiger partial charge in [-0.05, 0) is 49.4 Å². The van der Waals surface area contributed by atoms with Crippen LogP contribution >= 0.6 is 0 Å². The number of aryl methyl sites for hydroxylation is 1. The average molecular weight is 261 g/mol. The molecule has 1 N–H and O–H groups in total. The van der Waals surface area contributed by atoms with Crippen LogP contribution in [0.4, 0.5) is 5.69 Å². The van der Waals surface area contributed by atoms with E-state index in [-0.39, 0.29) is 17.8 Å². The van der Waals surface area contributed by atoms with Crippen molar-refractivity contribution in [2.45, 2.75) is 39.7 Å². The van der Waals surface area contributed by atoms with Gasteiger partial charge in [-0.15, -0.1) is 0 Å². The largest absolute Gasteiger partial charge is 0.391 e. The van der Waals surface area contributed by atoms with E-state index >= 15 is 0 Å². The summed E-state index contributed by atoms with van der Waals surface area (Å²) in [5.74, 6) is 0.379. The second kappa shape index (κ2) is 5.74. The van der Waals surface area contributed by atoms with Crippen LogP contribution in [0.2, 0.25) is 0 Å². The number of nitrogens with zero attached hydrogens (tertiary/aromatic N) is 1. The molecule has 0 radical (unpaired) electrons. The topological polar surface area (TPSA) is 40.5 Å². The van der Waals surface area contributed by atoms with Crippen LogP contribution in [0.25, 0.3) is 0 Å². The Labute approximate surface area is 115 Å². The zero-order valence-electron chi connectivity index (χ0n) is 12.0.